The second-order valence-electron chi connectivity index (χ2n) is 6.33. The summed E-state index contributed by atoms with van der Waals surface area (Å²) in [6.45, 7) is 1.06. The molecule has 1 fully saturated rings. The number of nitrogens with zero attached hydrogens (tertiary/aromatic N) is 5. The first kappa shape index (κ1) is 16.9. The SMILES string of the molecule is N#Cc1c[nH]c(-c2nc([C@H]3CCCN(C(=O)c4ccc(F)nc4)C3)no2)c1. The Balaban J connectivity index is 1.49. The first-order valence-corrected chi connectivity index (χ1v) is 8.47. The number of hydrogen-bond donors (Lipinski definition) is 1. The number of nitrogens with one attached hydrogen (secondary N) is 1. The van der Waals surface area contributed by atoms with Gasteiger partial charge in [0.05, 0.1) is 11.1 Å². The number of nitriles is 1. The highest BCUT2D eigenvalue weighted by Gasteiger charge is 2.29. The summed E-state index contributed by atoms with van der Waals surface area (Å²) in [4.78, 5) is 25.2. The van der Waals surface area contributed by atoms with Crippen molar-refractivity contribution in [2.24, 2.45) is 0 Å². The van der Waals surface area contributed by atoms with Gasteiger partial charge in [-0.25, -0.2) is 4.98 Å². The molecule has 1 N–H and O–H groups in total. The van der Waals surface area contributed by atoms with Gasteiger partial charge in [0.2, 0.25) is 5.95 Å². The van der Waals surface area contributed by atoms with Crippen molar-refractivity contribution in [3.63, 3.8) is 0 Å². The summed E-state index contributed by atoms with van der Waals surface area (Å²) in [5, 5.41) is 12.9. The molecule has 3 aromatic heterocycles. The highest BCUT2D eigenvalue weighted by Crippen LogP contribution is 2.27. The highest BCUT2D eigenvalue weighted by atomic mass is 19.1. The Bertz CT molecular complexity index is 1000. The topological polar surface area (TPSA) is 112 Å². The number of H-pyrrole nitrogens is 1. The number of halogens is 1. The zero-order chi connectivity index (χ0) is 18.8. The van der Waals surface area contributed by atoms with Gasteiger partial charge in [-0.05, 0) is 31.0 Å². The fraction of sp³-hybridized carbons (Fsp3) is 0.278. The van der Waals surface area contributed by atoms with Crippen LogP contribution in [-0.4, -0.2) is 44.0 Å². The summed E-state index contributed by atoms with van der Waals surface area (Å²) in [7, 11) is 0. The minimum atomic E-state index is -0.619. The van der Waals surface area contributed by atoms with Gasteiger partial charge >= 0.3 is 0 Å². The molecule has 4 rings (SSSR count). The van der Waals surface area contributed by atoms with E-state index in [4.69, 9.17) is 9.78 Å². The molecule has 0 unspecified atom stereocenters. The quantitative estimate of drug-likeness (QED) is 0.713. The van der Waals surface area contributed by atoms with Crippen molar-refractivity contribution in [3.05, 3.63) is 53.5 Å². The van der Waals surface area contributed by atoms with Gasteiger partial charge in [-0.2, -0.15) is 14.6 Å². The molecule has 1 atom stereocenters. The number of hydrogen-bond acceptors (Lipinski definition) is 6. The van der Waals surface area contributed by atoms with Crippen molar-refractivity contribution < 1.29 is 13.7 Å². The third-order valence-electron chi connectivity index (χ3n) is 4.53. The van der Waals surface area contributed by atoms with E-state index < -0.39 is 5.95 Å². The monoisotopic (exact) mass is 366 g/mol. The van der Waals surface area contributed by atoms with Crippen molar-refractivity contribution in [1.82, 2.24) is 25.0 Å². The number of piperidine rings is 1. The van der Waals surface area contributed by atoms with Gasteiger partial charge in [-0.3, -0.25) is 4.79 Å². The van der Waals surface area contributed by atoms with E-state index in [1.54, 1.807) is 17.2 Å². The molecule has 1 amide bonds. The van der Waals surface area contributed by atoms with Gasteiger partial charge in [-0.1, -0.05) is 5.16 Å². The fourth-order valence-corrected chi connectivity index (χ4v) is 3.15. The second-order valence-corrected chi connectivity index (χ2v) is 6.33. The maximum absolute atomic E-state index is 13.0. The normalized spacial score (nSPS) is 16.9. The molecule has 9 heteroatoms. The van der Waals surface area contributed by atoms with Crippen LogP contribution in [0.15, 0.2) is 35.1 Å². The number of carbonyl (C=O) groups excluding carboxylic acids is 1. The number of carbonyl (C=O) groups is 1. The Labute approximate surface area is 153 Å². The largest absolute Gasteiger partial charge is 0.356 e. The molecule has 1 aliphatic heterocycles. The third-order valence-corrected chi connectivity index (χ3v) is 4.53. The van der Waals surface area contributed by atoms with Crippen molar-refractivity contribution in [3.8, 4) is 17.7 Å². The summed E-state index contributed by atoms with van der Waals surface area (Å²) >= 11 is 0. The molecular formula is C18H15FN6O2. The number of likely N-dealkylation sites (tertiary alicyclic amines) is 1. The molecule has 27 heavy (non-hydrogen) atoms. The minimum absolute atomic E-state index is 0.0565. The van der Waals surface area contributed by atoms with Crippen LogP contribution in [0, 0.1) is 17.3 Å². The lowest BCUT2D eigenvalue weighted by molar-refractivity contribution is 0.0703. The third kappa shape index (κ3) is 3.42. The Kier molecular flexibility index (Phi) is 4.38. The summed E-state index contributed by atoms with van der Waals surface area (Å²) < 4.78 is 18.3. The van der Waals surface area contributed by atoms with Gasteiger partial charge in [0.1, 0.15) is 11.8 Å². The highest BCUT2D eigenvalue weighted by molar-refractivity contribution is 5.94. The smallest absolute Gasteiger partial charge is 0.274 e. The first-order valence-electron chi connectivity index (χ1n) is 8.47. The van der Waals surface area contributed by atoms with E-state index in [0.717, 1.165) is 12.8 Å². The van der Waals surface area contributed by atoms with E-state index in [2.05, 4.69) is 20.1 Å². The van der Waals surface area contributed by atoms with E-state index in [1.807, 2.05) is 6.07 Å². The molecule has 0 spiro atoms. The number of rotatable bonds is 3. The van der Waals surface area contributed by atoms with Gasteiger partial charge in [0.25, 0.3) is 11.8 Å². The summed E-state index contributed by atoms with van der Waals surface area (Å²) in [6, 6.07) is 6.27. The summed E-state index contributed by atoms with van der Waals surface area (Å²) in [5.74, 6) is -0.0465. The minimum Gasteiger partial charge on any atom is -0.356 e. The average Bonchev–Trinajstić information content (AvgIpc) is 3.37. The van der Waals surface area contributed by atoms with Crippen molar-refractivity contribution in [2.45, 2.75) is 18.8 Å². The molecule has 3 aromatic rings. The molecule has 136 valence electrons. The van der Waals surface area contributed by atoms with E-state index in [0.29, 0.717) is 41.6 Å². The second kappa shape index (κ2) is 6.99. The lowest BCUT2D eigenvalue weighted by atomic mass is 9.97. The molecular weight excluding hydrogens is 351 g/mol. The van der Waals surface area contributed by atoms with E-state index in [9.17, 15) is 9.18 Å². The van der Waals surface area contributed by atoms with E-state index in [1.165, 1.54) is 18.3 Å². The molecule has 0 aliphatic carbocycles. The fourth-order valence-electron chi connectivity index (χ4n) is 3.15. The van der Waals surface area contributed by atoms with Crippen molar-refractivity contribution in [1.29, 1.82) is 5.26 Å². The van der Waals surface area contributed by atoms with Crippen LogP contribution in [0.3, 0.4) is 0 Å². The lowest BCUT2D eigenvalue weighted by Crippen LogP contribution is -2.39. The Morgan fingerprint density at radius 1 is 1.44 bits per heavy atom. The Morgan fingerprint density at radius 3 is 3.07 bits per heavy atom. The van der Waals surface area contributed by atoms with Crippen LogP contribution < -0.4 is 0 Å². The number of aromatic amines is 1. The molecule has 0 radical (unpaired) electrons. The molecule has 1 aliphatic rings. The van der Waals surface area contributed by atoms with Crippen molar-refractivity contribution >= 4 is 5.91 Å². The Hall–Kier alpha value is -3.54. The standard InChI is InChI=1S/C18H15FN6O2/c19-15-4-3-12(9-22-15)18(26)25-5-1-2-13(10-25)16-23-17(27-24-16)14-6-11(7-20)8-21-14/h3-4,6,8-9,13,21H,1-2,5,10H2/t13-/m0/s1. The zero-order valence-electron chi connectivity index (χ0n) is 14.2. The number of pyridine rings is 1. The molecule has 8 nitrogen and oxygen atoms in total. The van der Waals surface area contributed by atoms with Crippen LogP contribution in [0.5, 0.6) is 0 Å². The number of amides is 1. The van der Waals surface area contributed by atoms with E-state index in [-0.39, 0.29) is 11.8 Å². The van der Waals surface area contributed by atoms with Crippen LogP contribution in [0.2, 0.25) is 0 Å². The number of aromatic nitrogens is 4. The molecule has 0 bridgehead atoms. The van der Waals surface area contributed by atoms with Gasteiger partial charge in [-0.15, -0.1) is 0 Å². The molecule has 0 aromatic carbocycles. The van der Waals surface area contributed by atoms with Crippen molar-refractivity contribution in [2.75, 3.05) is 13.1 Å². The maximum Gasteiger partial charge on any atom is 0.274 e. The van der Waals surface area contributed by atoms with Crippen LogP contribution in [-0.2, 0) is 0 Å². The molecule has 1 saturated heterocycles. The molecule has 0 saturated carbocycles. The van der Waals surface area contributed by atoms with Crippen LogP contribution in [0.4, 0.5) is 4.39 Å². The Morgan fingerprint density at radius 2 is 2.33 bits per heavy atom. The summed E-state index contributed by atoms with van der Waals surface area (Å²) in [6.07, 6.45) is 4.44. The average molecular weight is 366 g/mol. The van der Waals surface area contributed by atoms with Gasteiger partial charge in [0, 0.05) is 31.4 Å². The predicted molar refractivity (Wildman–Crippen MR) is 90.9 cm³/mol. The van der Waals surface area contributed by atoms with Gasteiger partial charge < -0.3 is 14.4 Å². The molecule has 4 heterocycles. The first-order chi connectivity index (χ1) is 13.1. The lowest BCUT2D eigenvalue weighted by Gasteiger charge is -2.31. The zero-order valence-corrected chi connectivity index (χ0v) is 14.2. The van der Waals surface area contributed by atoms with E-state index >= 15 is 0 Å². The predicted octanol–water partition coefficient (Wildman–Crippen LogP) is 2.49. The maximum atomic E-state index is 13.0. The van der Waals surface area contributed by atoms with Crippen LogP contribution in [0.25, 0.3) is 11.6 Å². The van der Waals surface area contributed by atoms with Crippen LogP contribution in [0.1, 0.15) is 40.5 Å². The summed E-state index contributed by atoms with van der Waals surface area (Å²) in [5.41, 5.74) is 1.40. The van der Waals surface area contributed by atoms with Gasteiger partial charge in [0.15, 0.2) is 5.82 Å². The van der Waals surface area contributed by atoms with Crippen LogP contribution >= 0.6 is 0 Å².